The Morgan fingerprint density at radius 1 is 1.38 bits per heavy atom. The average molecular weight is 330 g/mol. The van der Waals surface area contributed by atoms with Crippen LogP contribution in [0.1, 0.15) is 23.1 Å². The van der Waals surface area contributed by atoms with E-state index < -0.39 is 0 Å². The highest BCUT2D eigenvalue weighted by Gasteiger charge is 2.26. The second kappa shape index (κ2) is 6.86. The summed E-state index contributed by atoms with van der Waals surface area (Å²) < 4.78 is 0. The van der Waals surface area contributed by atoms with Gasteiger partial charge in [-0.2, -0.15) is 0 Å². The van der Waals surface area contributed by atoms with Gasteiger partial charge in [-0.05, 0) is 18.6 Å². The number of carbonyl (C=O) groups excluding carboxylic acids is 1. The summed E-state index contributed by atoms with van der Waals surface area (Å²) in [6.07, 6.45) is 4.25. The Balaban J connectivity index is 0.00000169. The molecule has 1 aliphatic heterocycles. The summed E-state index contributed by atoms with van der Waals surface area (Å²) in [5, 5.41) is 13.0. The fourth-order valence-electron chi connectivity index (χ4n) is 2.78. The van der Waals surface area contributed by atoms with Crippen LogP contribution < -0.4 is 10.2 Å². The fourth-order valence-corrected chi connectivity index (χ4v) is 2.78. The third kappa shape index (κ3) is 3.48. The van der Waals surface area contributed by atoms with Crippen molar-refractivity contribution in [3.05, 3.63) is 36.7 Å². The van der Waals surface area contributed by atoms with Crippen LogP contribution in [0.15, 0.2) is 36.7 Å². The molecule has 0 saturated carbocycles. The molecule has 1 fully saturated rings. The van der Waals surface area contributed by atoms with Crippen molar-refractivity contribution in [2.45, 2.75) is 26.3 Å². The van der Waals surface area contributed by atoms with Gasteiger partial charge in [-0.15, -0.1) is 0 Å². The third-order valence-corrected chi connectivity index (χ3v) is 4.18. The summed E-state index contributed by atoms with van der Waals surface area (Å²) in [7, 11) is 0. The average Bonchev–Trinajstić information content (AvgIpc) is 3.04. The van der Waals surface area contributed by atoms with E-state index in [0.717, 1.165) is 25.3 Å². The number of amides is 1. The van der Waals surface area contributed by atoms with Gasteiger partial charge in [0.05, 0.1) is 18.1 Å². The van der Waals surface area contributed by atoms with Crippen molar-refractivity contribution in [3.8, 4) is 17.0 Å². The normalized spacial score (nSPS) is 17.3. The van der Waals surface area contributed by atoms with Crippen LogP contribution in [-0.4, -0.2) is 40.1 Å². The van der Waals surface area contributed by atoms with E-state index in [9.17, 15) is 9.90 Å². The molecule has 0 aliphatic carbocycles. The number of benzene rings is 1. The first-order valence-electron chi connectivity index (χ1n) is 8.20. The van der Waals surface area contributed by atoms with Crippen LogP contribution in [0.2, 0.25) is 0 Å². The molecule has 24 heavy (non-hydrogen) atoms. The van der Waals surface area contributed by atoms with Crippen LogP contribution in [-0.2, 0) is 4.79 Å². The summed E-state index contributed by atoms with van der Waals surface area (Å²) in [5.41, 5.74) is 1.30. The second-order valence-electron chi connectivity index (χ2n) is 6.37. The second-order valence-corrected chi connectivity index (χ2v) is 6.37. The molecule has 2 aromatic rings. The Morgan fingerprint density at radius 2 is 2.17 bits per heavy atom. The van der Waals surface area contributed by atoms with E-state index in [1.807, 2.05) is 26.0 Å². The lowest BCUT2D eigenvalue weighted by molar-refractivity contribution is -0.124. The summed E-state index contributed by atoms with van der Waals surface area (Å²) in [6, 6.07) is 7.22. The quantitative estimate of drug-likeness (QED) is 0.901. The highest BCUT2D eigenvalue weighted by atomic mass is 16.3. The number of para-hydroxylation sites is 1. The van der Waals surface area contributed by atoms with Gasteiger partial charge in [0.15, 0.2) is 0 Å². The van der Waals surface area contributed by atoms with Gasteiger partial charge in [0.2, 0.25) is 5.91 Å². The number of nitrogens with zero attached hydrogens (tertiary/aromatic N) is 3. The fraction of sp³-hybridized carbons (Fsp3) is 0.389. The molecular weight excluding hydrogens is 304 g/mol. The molecule has 0 bridgehead atoms. The van der Waals surface area contributed by atoms with Crippen molar-refractivity contribution in [3.63, 3.8) is 0 Å². The van der Waals surface area contributed by atoms with Gasteiger partial charge in [-0.1, -0.05) is 26.0 Å². The van der Waals surface area contributed by atoms with Crippen molar-refractivity contribution in [2.75, 3.05) is 18.0 Å². The summed E-state index contributed by atoms with van der Waals surface area (Å²) >= 11 is 0. The highest BCUT2D eigenvalue weighted by Crippen LogP contribution is 2.28. The number of aromatic nitrogens is 2. The van der Waals surface area contributed by atoms with E-state index in [-0.39, 0.29) is 26.5 Å². The van der Waals surface area contributed by atoms with Crippen molar-refractivity contribution in [2.24, 2.45) is 5.92 Å². The first kappa shape index (κ1) is 16.2. The lowest BCUT2D eigenvalue weighted by Crippen LogP contribution is -2.39. The maximum absolute atomic E-state index is 11.8. The van der Waals surface area contributed by atoms with Gasteiger partial charge in [0, 0.05) is 33.5 Å². The van der Waals surface area contributed by atoms with E-state index in [2.05, 4.69) is 20.2 Å². The number of nitrogens with one attached hydrogen (secondary N) is 1. The molecule has 1 aliphatic rings. The Labute approximate surface area is 144 Å². The molecule has 1 atom stereocenters. The molecule has 1 amide bonds. The topological polar surface area (TPSA) is 78.4 Å². The standard InChI is InChI=1S/C18H22N4O2.2H2/c1-12(2)18(24)20-13-7-8-22(11-13)17-10-19-9-15(21-17)14-5-3-4-6-16(14)23;;/h3-6,9-10,12-13,23H,7-8,11H2,1-2H3,(H,20,24);2*1H/t13-;;/m1../s1. The molecule has 1 saturated heterocycles. The molecule has 0 unspecified atom stereocenters. The number of rotatable bonds is 4. The molecule has 1 aromatic heterocycles. The zero-order valence-electron chi connectivity index (χ0n) is 13.9. The maximum Gasteiger partial charge on any atom is 0.222 e. The van der Waals surface area contributed by atoms with Crippen molar-refractivity contribution in [1.82, 2.24) is 15.3 Å². The molecule has 6 heteroatoms. The minimum atomic E-state index is -0.0109. The van der Waals surface area contributed by atoms with Crippen molar-refractivity contribution >= 4 is 11.7 Å². The number of aromatic hydroxyl groups is 1. The molecule has 6 nitrogen and oxygen atoms in total. The van der Waals surface area contributed by atoms with E-state index >= 15 is 0 Å². The van der Waals surface area contributed by atoms with Crippen LogP contribution in [0.5, 0.6) is 5.75 Å². The lowest BCUT2D eigenvalue weighted by Gasteiger charge is -2.19. The van der Waals surface area contributed by atoms with Gasteiger partial charge in [0.25, 0.3) is 0 Å². The van der Waals surface area contributed by atoms with E-state index in [1.54, 1.807) is 24.5 Å². The van der Waals surface area contributed by atoms with E-state index in [1.165, 1.54) is 0 Å². The number of phenolic OH excluding ortho intramolecular Hbond substituents is 1. The number of hydrogen-bond acceptors (Lipinski definition) is 5. The Morgan fingerprint density at radius 3 is 2.92 bits per heavy atom. The molecule has 2 N–H and O–H groups in total. The van der Waals surface area contributed by atoms with Gasteiger partial charge in [-0.25, -0.2) is 4.98 Å². The SMILES string of the molecule is CC(C)C(=O)N[C@@H]1CCN(c2cncc(-c3ccccc3O)n2)C1.[HH].[HH]. The Bertz CT molecular complexity index is 743. The van der Waals surface area contributed by atoms with E-state index in [4.69, 9.17) is 0 Å². The van der Waals surface area contributed by atoms with Crippen LogP contribution in [0.25, 0.3) is 11.3 Å². The van der Waals surface area contributed by atoms with Gasteiger partial charge >= 0.3 is 0 Å². The van der Waals surface area contributed by atoms with Crippen molar-refractivity contribution in [1.29, 1.82) is 0 Å². The third-order valence-electron chi connectivity index (χ3n) is 4.18. The molecule has 3 rings (SSSR count). The smallest absolute Gasteiger partial charge is 0.222 e. The highest BCUT2D eigenvalue weighted by molar-refractivity contribution is 5.78. The van der Waals surface area contributed by atoms with Crippen LogP contribution >= 0.6 is 0 Å². The Hall–Kier alpha value is -2.63. The van der Waals surface area contributed by atoms with Gasteiger partial charge in [-0.3, -0.25) is 9.78 Å². The molecule has 0 spiro atoms. The van der Waals surface area contributed by atoms with Crippen LogP contribution in [0, 0.1) is 5.92 Å². The van der Waals surface area contributed by atoms with Gasteiger partial charge < -0.3 is 15.3 Å². The maximum atomic E-state index is 11.8. The zero-order valence-corrected chi connectivity index (χ0v) is 13.9. The minimum Gasteiger partial charge on any atom is -0.507 e. The predicted octanol–water partition coefficient (Wildman–Crippen LogP) is 2.69. The largest absolute Gasteiger partial charge is 0.507 e. The van der Waals surface area contributed by atoms with E-state index in [0.29, 0.717) is 11.3 Å². The first-order chi connectivity index (χ1) is 11.5. The summed E-state index contributed by atoms with van der Waals surface area (Å²) in [6.45, 7) is 5.33. The number of carbonyl (C=O) groups is 1. The monoisotopic (exact) mass is 330 g/mol. The zero-order chi connectivity index (χ0) is 17.1. The molecule has 130 valence electrons. The summed E-state index contributed by atoms with van der Waals surface area (Å²) in [4.78, 5) is 22.8. The molecular formula is C18H26N4O2. The van der Waals surface area contributed by atoms with Crippen LogP contribution in [0.3, 0.4) is 0 Å². The molecule has 2 heterocycles. The minimum absolute atomic E-state index is 0. The molecule has 0 radical (unpaired) electrons. The molecule has 1 aromatic carbocycles. The van der Waals surface area contributed by atoms with Crippen molar-refractivity contribution < 1.29 is 12.8 Å². The predicted molar refractivity (Wildman–Crippen MR) is 97.0 cm³/mol. The lowest BCUT2D eigenvalue weighted by atomic mass is 10.1. The summed E-state index contributed by atoms with van der Waals surface area (Å²) in [5.74, 6) is 1.02. The van der Waals surface area contributed by atoms with Crippen LogP contribution in [0.4, 0.5) is 5.82 Å². The number of phenols is 1. The Kier molecular flexibility index (Phi) is 4.64. The van der Waals surface area contributed by atoms with Gasteiger partial charge in [0.1, 0.15) is 11.6 Å². The first-order valence-corrected chi connectivity index (χ1v) is 8.20. The number of hydrogen-bond donors (Lipinski definition) is 2. The number of anilines is 1.